The van der Waals surface area contributed by atoms with E-state index < -0.39 is 0 Å². The summed E-state index contributed by atoms with van der Waals surface area (Å²) in [6.45, 7) is 12.6. The van der Waals surface area contributed by atoms with Crippen LogP contribution in [-0.2, 0) is 6.54 Å². The van der Waals surface area contributed by atoms with E-state index in [0.29, 0.717) is 19.0 Å². The van der Waals surface area contributed by atoms with Crippen LogP contribution in [0.2, 0.25) is 0 Å². The van der Waals surface area contributed by atoms with Crippen molar-refractivity contribution in [2.24, 2.45) is 0 Å². The first kappa shape index (κ1) is 18.2. The van der Waals surface area contributed by atoms with Gasteiger partial charge in [0, 0.05) is 0 Å². The van der Waals surface area contributed by atoms with Gasteiger partial charge in [-0.05, 0) is 12.1 Å². The fraction of sp³-hybridized carbons (Fsp3) is 0.438. The third kappa shape index (κ3) is 4.70. The normalized spacial score (nSPS) is 9.05. The highest BCUT2D eigenvalue weighted by Crippen LogP contribution is 2.24. The lowest BCUT2D eigenvalue weighted by Gasteiger charge is -1.98. The smallest absolute Gasteiger partial charge is 0.241 e. The van der Waals surface area contributed by atoms with Gasteiger partial charge < -0.3 is 9.84 Å². The Morgan fingerprint density at radius 3 is 2.50 bits per heavy atom. The molecular weight excluding hydrogens is 252 g/mol. The Bertz CT molecular complexity index is 492. The summed E-state index contributed by atoms with van der Waals surface area (Å²) in [5.41, 5.74) is 0.968. The lowest BCUT2D eigenvalue weighted by atomic mass is 10.2. The number of rotatable bonds is 5. The van der Waals surface area contributed by atoms with E-state index in [9.17, 15) is 0 Å². The molecule has 0 saturated heterocycles. The molecule has 2 aromatic rings. The molecule has 4 heteroatoms. The van der Waals surface area contributed by atoms with Crippen LogP contribution in [0.5, 0.6) is 5.88 Å². The molecule has 0 atom stereocenters. The van der Waals surface area contributed by atoms with Gasteiger partial charge in [0.2, 0.25) is 5.88 Å². The maximum absolute atomic E-state index is 8.95. The number of aliphatic hydroxyl groups excluding tert-OH is 1. The van der Waals surface area contributed by atoms with Gasteiger partial charge in [-0.1, -0.05) is 52.5 Å². The van der Waals surface area contributed by atoms with Crippen molar-refractivity contribution >= 4 is 10.9 Å². The van der Waals surface area contributed by atoms with Crippen molar-refractivity contribution in [1.29, 1.82) is 0 Å². The summed E-state index contributed by atoms with van der Waals surface area (Å²) in [5.74, 6) is 0.587. The monoisotopic (exact) mass is 278 g/mol. The van der Waals surface area contributed by atoms with Gasteiger partial charge in [0.15, 0.2) is 0 Å². The van der Waals surface area contributed by atoms with Gasteiger partial charge in [0.05, 0.1) is 24.1 Å². The highest BCUT2D eigenvalue weighted by atomic mass is 16.5. The number of benzene rings is 1. The van der Waals surface area contributed by atoms with E-state index in [0.717, 1.165) is 10.9 Å². The number of aromatic nitrogens is 2. The predicted octanol–water partition coefficient (Wildman–Crippen LogP) is 3.65. The fourth-order valence-corrected chi connectivity index (χ4v) is 1.61. The minimum Gasteiger partial charge on any atom is -0.472 e. The van der Waals surface area contributed by atoms with Crippen LogP contribution >= 0.6 is 0 Å². The predicted molar refractivity (Wildman–Crippen MR) is 85.2 cm³/mol. The summed E-state index contributed by atoms with van der Waals surface area (Å²) < 4.78 is 7.21. The zero-order valence-electron chi connectivity index (χ0n) is 13.0. The molecular formula is C16H26N2O2. The van der Waals surface area contributed by atoms with Gasteiger partial charge in [-0.3, -0.25) is 4.68 Å². The van der Waals surface area contributed by atoms with E-state index in [4.69, 9.17) is 9.84 Å². The number of hydrogen-bond acceptors (Lipinski definition) is 3. The highest BCUT2D eigenvalue weighted by Gasteiger charge is 2.09. The Kier molecular flexibility index (Phi) is 10.1. The lowest BCUT2D eigenvalue weighted by molar-refractivity contribution is 0.268. The molecule has 0 aliphatic heterocycles. The van der Waals surface area contributed by atoms with E-state index in [-0.39, 0.29) is 6.61 Å². The van der Waals surface area contributed by atoms with Crippen LogP contribution in [-0.4, -0.2) is 28.1 Å². The van der Waals surface area contributed by atoms with Crippen LogP contribution in [0.3, 0.4) is 0 Å². The van der Waals surface area contributed by atoms with Gasteiger partial charge in [-0.25, -0.2) is 0 Å². The second kappa shape index (κ2) is 11.1. The van der Waals surface area contributed by atoms with Crippen LogP contribution in [0, 0.1) is 0 Å². The number of para-hydroxylation sites is 1. The molecule has 112 valence electrons. The van der Waals surface area contributed by atoms with Crippen LogP contribution in [0.25, 0.3) is 10.9 Å². The summed E-state index contributed by atoms with van der Waals surface area (Å²) in [7, 11) is 0. The Morgan fingerprint density at radius 2 is 1.90 bits per heavy atom. The fourth-order valence-electron chi connectivity index (χ4n) is 1.61. The Morgan fingerprint density at radius 1 is 1.25 bits per heavy atom. The van der Waals surface area contributed by atoms with E-state index in [1.165, 1.54) is 0 Å². The molecule has 0 bridgehead atoms. The first-order valence-electron chi connectivity index (χ1n) is 7.17. The molecule has 1 aromatic heterocycles. The topological polar surface area (TPSA) is 47.3 Å². The summed E-state index contributed by atoms with van der Waals surface area (Å²) in [6, 6.07) is 7.79. The quantitative estimate of drug-likeness (QED) is 0.849. The Hall–Kier alpha value is -1.81. The maximum Gasteiger partial charge on any atom is 0.241 e. The maximum atomic E-state index is 8.95. The van der Waals surface area contributed by atoms with Crippen LogP contribution in [0.4, 0.5) is 0 Å². The van der Waals surface area contributed by atoms with Crippen molar-refractivity contribution in [3.8, 4) is 5.88 Å². The SMILES string of the molecule is C=CCOc1nn(CCO)c2ccccc12.CC.CC. The van der Waals surface area contributed by atoms with Crippen LogP contribution in [0.15, 0.2) is 36.9 Å². The standard InChI is InChI=1S/C12H14N2O2.2C2H6/c1-2-9-16-12-10-5-3-4-6-11(10)14(13-12)7-8-15;2*1-2/h2-6,15H,1,7-9H2;2*1-2H3. The largest absolute Gasteiger partial charge is 0.472 e. The molecule has 1 aromatic carbocycles. The first-order valence-corrected chi connectivity index (χ1v) is 7.17. The molecule has 1 heterocycles. The van der Waals surface area contributed by atoms with Crippen molar-refractivity contribution in [3.63, 3.8) is 0 Å². The summed E-state index contributed by atoms with van der Waals surface area (Å²) >= 11 is 0. The molecule has 0 aliphatic carbocycles. The lowest BCUT2D eigenvalue weighted by Crippen LogP contribution is -2.04. The average molecular weight is 278 g/mol. The molecule has 0 fully saturated rings. The van der Waals surface area contributed by atoms with E-state index >= 15 is 0 Å². The molecule has 0 unspecified atom stereocenters. The van der Waals surface area contributed by atoms with Crippen molar-refractivity contribution in [3.05, 3.63) is 36.9 Å². The third-order valence-electron chi connectivity index (χ3n) is 2.27. The minimum absolute atomic E-state index is 0.0621. The highest BCUT2D eigenvalue weighted by molar-refractivity contribution is 5.84. The van der Waals surface area contributed by atoms with Crippen molar-refractivity contribution in [1.82, 2.24) is 9.78 Å². The van der Waals surface area contributed by atoms with E-state index in [1.807, 2.05) is 52.0 Å². The second-order valence-corrected chi connectivity index (χ2v) is 3.37. The average Bonchev–Trinajstić information content (AvgIpc) is 2.88. The van der Waals surface area contributed by atoms with E-state index in [2.05, 4.69) is 11.7 Å². The van der Waals surface area contributed by atoms with Gasteiger partial charge in [0.1, 0.15) is 6.61 Å². The van der Waals surface area contributed by atoms with Gasteiger partial charge in [-0.2, -0.15) is 0 Å². The summed E-state index contributed by atoms with van der Waals surface area (Å²) in [5, 5.41) is 14.2. The number of fused-ring (bicyclic) bond motifs is 1. The van der Waals surface area contributed by atoms with Gasteiger partial charge in [-0.15, -0.1) is 5.10 Å². The van der Waals surface area contributed by atoms with Crippen LogP contribution in [0.1, 0.15) is 27.7 Å². The van der Waals surface area contributed by atoms with E-state index in [1.54, 1.807) is 10.8 Å². The van der Waals surface area contributed by atoms with Crippen LogP contribution < -0.4 is 4.74 Å². The Labute approximate surface area is 121 Å². The Balaban J connectivity index is 0.000000829. The summed E-state index contributed by atoms with van der Waals surface area (Å²) in [6.07, 6.45) is 1.68. The molecule has 0 spiro atoms. The first-order chi connectivity index (χ1) is 9.86. The number of ether oxygens (including phenoxy) is 1. The molecule has 4 nitrogen and oxygen atoms in total. The zero-order valence-corrected chi connectivity index (χ0v) is 13.0. The number of aliphatic hydroxyl groups is 1. The molecule has 0 aliphatic rings. The van der Waals surface area contributed by atoms with Gasteiger partial charge in [0.25, 0.3) is 0 Å². The molecule has 20 heavy (non-hydrogen) atoms. The molecule has 0 saturated carbocycles. The van der Waals surface area contributed by atoms with Crippen molar-refractivity contribution in [2.45, 2.75) is 34.2 Å². The third-order valence-corrected chi connectivity index (χ3v) is 2.27. The molecule has 2 rings (SSSR count). The minimum atomic E-state index is 0.0621. The second-order valence-electron chi connectivity index (χ2n) is 3.37. The number of hydrogen-bond donors (Lipinski definition) is 1. The molecule has 1 N–H and O–H groups in total. The molecule has 0 radical (unpaired) electrons. The van der Waals surface area contributed by atoms with Gasteiger partial charge >= 0.3 is 0 Å². The van der Waals surface area contributed by atoms with Crippen molar-refractivity contribution < 1.29 is 9.84 Å². The summed E-state index contributed by atoms with van der Waals surface area (Å²) in [4.78, 5) is 0. The molecule has 0 amide bonds. The van der Waals surface area contributed by atoms with Crippen molar-refractivity contribution in [2.75, 3.05) is 13.2 Å². The number of nitrogens with zero attached hydrogens (tertiary/aromatic N) is 2. The zero-order chi connectivity index (χ0) is 15.4.